The molecule has 2 N–H and O–H groups in total. The Balaban J connectivity index is 2.11. The van der Waals surface area contributed by atoms with E-state index in [1.54, 1.807) is 4.52 Å². The van der Waals surface area contributed by atoms with Crippen molar-refractivity contribution in [1.29, 1.82) is 0 Å². The monoisotopic (exact) mass is 282 g/mol. The van der Waals surface area contributed by atoms with Gasteiger partial charge in [-0.1, -0.05) is 0 Å². The molecule has 6 heteroatoms. The molecule has 1 saturated heterocycles. The van der Waals surface area contributed by atoms with Crippen LogP contribution < -0.4 is 5.73 Å². The van der Waals surface area contributed by atoms with E-state index in [0.717, 1.165) is 15.9 Å². The summed E-state index contributed by atoms with van der Waals surface area (Å²) in [5, 5.41) is 4.45. The van der Waals surface area contributed by atoms with Crippen molar-refractivity contribution >= 4 is 21.6 Å². The van der Waals surface area contributed by atoms with Crippen LogP contribution in [0.2, 0.25) is 0 Å². The molecule has 3 rings (SSSR count). The van der Waals surface area contributed by atoms with Gasteiger partial charge >= 0.3 is 0 Å². The topological polar surface area (TPSA) is 65.4 Å². The first-order valence-electron chi connectivity index (χ1n) is 5.04. The van der Waals surface area contributed by atoms with Crippen LogP contribution >= 0.6 is 15.9 Å². The summed E-state index contributed by atoms with van der Waals surface area (Å²) in [4.78, 5) is 4.49. The number of nitrogens with two attached hydrogens (primary N) is 1. The number of aromatic nitrogens is 3. The maximum absolute atomic E-state index is 5.77. The van der Waals surface area contributed by atoms with E-state index in [4.69, 9.17) is 10.5 Å². The summed E-state index contributed by atoms with van der Waals surface area (Å²) >= 11 is 3.40. The number of hydrogen-bond acceptors (Lipinski definition) is 4. The van der Waals surface area contributed by atoms with Crippen molar-refractivity contribution in [3.63, 3.8) is 0 Å². The molecular weight excluding hydrogens is 272 g/mol. The first kappa shape index (κ1) is 10.2. The van der Waals surface area contributed by atoms with Gasteiger partial charge in [-0.2, -0.15) is 5.10 Å². The van der Waals surface area contributed by atoms with E-state index in [1.807, 2.05) is 18.3 Å². The normalized spacial score (nSPS) is 18.6. The van der Waals surface area contributed by atoms with Crippen LogP contribution in [0.1, 0.15) is 5.82 Å². The summed E-state index contributed by atoms with van der Waals surface area (Å²) in [6.45, 7) is 1.74. The third kappa shape index (κ3) is 1.37. The molecule has 16 heavy (non-hydrogen) atoms. The van der Waals surface area contributed by atoms with Gasteiger partial charge in [-0.15, -0.1) is 0 Å². The van der Waals surface area contributed by atoms with Crippen molar-refractivity contribution < 1.29 is 4.74 Å². The van der Waals surface area contributed by atoms with Crippen molar-refractivity contribution in [3.8, 4) is 0 Å². The summed E-state index contributed by atoms with van der Waals surface area (Å²) in [7, 11) is 0. The number of halogens is 1. The van der Waals surface area contributed by atoms with E-state index in [9.17, 15) is 0 Å². The first-order valence-corrected chi connectivity index (χ1v) is 5.83. The molecule has 0 aliphatic carbocycles. The Morgan fingerprint density at radius 2 is 2.31 bits per heavy atom. The first-order chi connectivity index (χ1) is 7.73. The minimum atomic E-state index is -0.182. The lowest BCUT2D eigenvalue weighted by Crippen LogP contribution is -2.53. The number of hydrogen-bond donors (Lipinski definition) is 1. The van der Waals surface area contributed by atoms with Crippen molar-refractivity contribution in [3.05, 3.63) is 28.6 Å². The molecule has 1 aliphatic rings. The molecule has 1 fully saturated rings. The van der Waals surface area contributed by atoms with E-state index in [0.29, 0.717) is 19.8 Å². The number of rotatable bonds is 2. The number of pyridine rings is 1. The Bertz CT molecular complexity index is 529. The molecule has 84 valence electrons. The number of fused-ring (bicyclic) bond motifs is 1. The van der Waals surface area contributed by atoms with Gasteiger partial charge in [0.15, 0.2) is 11.5 Å². The Morgan fingerprint density at radius 1 is 1.50 bits per heavy atom. The van der Waals surface area contributed by atoms with Crippen molar-refractivity contribution in [2.24, 2.45) is 5.73 Å². The SMILES string of the molecule is NCC1(c2nc3ccc(Br)cn3n2)COC1. The van der Waals surface area contributed by atoms with Gasteiger partial charge in [0.05, 0.1) is 18.6 Å². The third-order valence-electron chi connectivity index (χ3n) is 2.92. The molecule has 0 bridgehead atoms. The fourth-order valence-electron chi connectivity index (χ4n) is 1.77. The summed E-state index contributed by atoms with van der Waals surface area (Å²) in [5.41, 5.74) is 6.42. The molecule has 0 unspecified atom stereocenters. The van der Waals surface area contributed by atoms with Gasteiger partial charge in [-0.25, -0.2) is 9.50 Å². The van der Waals surface area contributed by atoms with Gasteiger partial charge in [-0.3, -0.25) is 0 Å². The second-order valence-corrected chi connectivity index (χ2v) is 4.98. The quantitative estimate of drug-likeness (QED) is 0.882. The zero-order valence-corrected chi connectivity index (χ0v) is 10.1. The molecule has 0 amide bonds. The molecule has 3 heterocycles. The van der Waals surface area contributed by atoms with E-state index >= 15 is 0 Å². The maximum atomic E-state index is 5.77. The molecule has 2 aromatic heterocycles. The maximum Gasteiger partial charge on any atom is 0.163 e. The van der Waals surface area contributed by atoms with Gasteiger partial charge in [0.25, 0.3) is 0 Å². The second-order valence-electron chi connectivity index (χ2n) is 4.06. The average Bonchev–Trinajstić information content (AvgIpc) is 2.60. The summed E-state index contributed by atoms with van der Waals surface area (Å²) < 4.78 is 7.96. The lowest BCUT2D eigenvalue weighted by Gasteiger charge is -2.37. The van der Waals surface area contributed by atoms with Crippen LogP contribution in [0.5, 0.6) is 0 Å². The zero-order chi connectivity index (χ0) is 11.2. The van der Waals surface area contributed by atoms with Gasteiger partial charge < -0.3 is 10.5 Å². The summed E-state index contributed by atoms with van der Waals surface area (Å²) in [6.07, 6.45) is 1.88. The average molecular weight is 283 g/mol. The predicted octanol–water partition coefficient (Wildman–Crippen LogP) is 0.719. The Kier molecular flexibility index (Phi) is 2.24. The molecule has 0 saturated carbocycles. The number of ether oxygens (including phenoxy) is 1. The molecule has 2 aromatic rings. The third-order valence-corrected chi connectivity index (χ3v) is 3.39. The van der Waals surface area contributed by atoms with Crippen LogP contribution in [0.3, 0.4) is 0 Å². The van der Waals surface area contributed by atoms with Gasteiger partial charge in [-0.05, 0) is 28.1 Å². The lowest BCUT2D eigenvalue weighted by molar-refractivity contribution is -0.0592. The Labute approximate surface area is 101 Å². The highest BCUT2D eigenvalue weighted by atomic mass is 79.9. The van der Waals surface area contributed by atoms with Crippen LogP contribution in [0.25, 0.3) is 5.65 Å². The van der Waals surface area contributed by atoms with E-state index in [-0.39, 0.29) is 5.41 Å². The molecule has 0 radical (unpaired) electrons. The fourth-order valence-corrected chi connectivity index (χ4v) is 2.10. The zero-order valence-electron chi connectivity index (χ0n) is 8.56. The Morgan fingerprint density at radius 3 is 2.94 bits per heavy atom. The van der Waals surface area contributed by atoms with E-state index in [1.165, 1.54) is 0 Å². The van der Waals surface area contributed by atoms with Gasteiger partial charge in [0.1, 0.15) is 0 Å². The van der Waals surface area contributed by atoms with Crippen LogP contribution in [0.15, 0.2) is 22.8 Å². The minimum absolute atomic E-state index is 0.182. The standard InChI is InChI=1S/C10H11BrN4O/c11-7-1-2-8-13-9(14-15(8)3-7)10(4-12)5-16-6-10/h1-3H,4-6,12H2. The lowest BCUT2D eigenvalue weighted by atomic mass is 9.85. The molecule has 0 atom stereocenters. The summed E-state index contributed by atoms with van der Waals surface area (Å²) in [5.74, 6) is 0.777. The highest BCUT2D eigenvalue weighted by molar-refractivity contribution is 9.10. The fraction of sp³-hybridized carbons (Fsp3) is 0.400. The van der Waals surface area contributed by atoms with Crippen molar-refractivity contribution in [2.45, 2.75) is 5.41 Å². The van der Waals surface area contributed by atoms with Crippen molar-refractivity contribution in [2.75, 3.05) is 19.8 Å². The molecule has 0 aromatic carbocycles. The van der Waals surface area contributed by atoms with Gasteiger partial charge in [0.2, 0.25) is 0 Å². The van der Waals surface area contributed by atoms with Crippen LogP contribution in [-0.2, 0) is 10.2 Å². The highest BCUT2D eigenvalue weighted by Gasteiger charge is 2.42. The van der Waals surface area contributed by atoms with E-state index in [2.05, 4.69) is 26.0 Å². The van der Waals surface area contributed by atoms with Crippen LogP contribution in [-0.4, -0.2) is 34.4 Å². The Hall–Kier alpha value is -0.980. The van der Waals surface area contributed by atoms with Crippen LogP contribution in [0, 0.1) is 0 Å². The smallest absolute Gasteiger partial charge is 0.163 e. The molecular formula is C10H11BrN4O. The second kappa shape index (κ2) is 3.51. The highest BCUT2D eigenvalue weighted by Crippen LogP contribution is 2.29. The van der Waals surface area contributed by atoms with Crippen molar-refractivity contribution in [1.82, 2.24) is 14.6 Å². The van der Waals surface area contributed by atoms with Crippen LogP contribution in [0.4, 0.5) is 0 Å². The van der Waals surface area contributed by atoms with E-state index < -0.39 is 0 Å². The predicted molar refractivity (Wildman–Crippen MR) is 62.2 cm³/mol. The van der Waals surface area contributed by atoms with Gasteiger partial charge in [0, 0.05) is 17.2 Å². The summed E-state index contributed by atoms with van der Waals surface area (Å²) in [6, 6.07) is 3.87. The molecule has 1 aliphatic heterocycles. The minimum Gasteiger partial charge on any atom is -0.379 e. The largest absolute Gasteiger partial charge is 0.379 e. The molecule has 0 spiro atoms. The molecule has 5 nitrogen and oxygen atoms in total. The number of nitrogens with zero attached hydrogens (tertiary/aromatic N) is 3.